The zero-order valence-corrected chi connectivity index (χ0v) is 16.4. The Morgan fingerprint density at radius 2 is 1.54 bits per heavy atom. The van der Waals surface area contributed by atoms with Gasteiger partial charge >= 0.3 is 0 Å². The molecule has 4 nitrogen and oxygen atoms in total. The monoisotopic (exact) mass is 356 g/mol. The number of amides is 1. The first-order valence-corrected chi connectivity index (χ1v) is 10.1. The van der Waals surface area contributed by atoms with Gasteiger partial charge in [0.15, 0.2) is 5.78 Å². The van der Waals surface area contributed by atoms with E-state index in [1.54, 1.807) is 31.2 Å². The van der Waals surface area contributed by atoms with Crippen molar-refractivity contribution in [2.24, 2.45) is 17.8 Å². The van der Waals surface area contributed by atoms with E-state index in [-0.39, 0.29) is 11.7 Å². The molecule has 1 amide bonds. The number of ketones is 1. The van der Waals surface area contributed by atoms with E-state index in [0.29, 0.717) is 17.0 Å². The molecule has 0 aliphatic carbocycles. The number of piperidine rings is 1. The van der Waals surface area contributed by atoms with E-state index < -0.39 is 0 Å². The number of carbonyl (C=O) groups excluding carboxylic acids is 2. The lowest BCUT2D eigenvalue weighted by atomic mass is 9.83. The number of Topliss-reactive ketones (excluding diaryl/α,β-unsaturated/α-hetero) is 1. The van der Waals surface area contributed by atoms with Gasteiger partial charge in [-0.25, -0.2) is 0 Å². The van der Waals surface area contributed by atoms with Gasteiger partial charge in [0.25, 0.3) is 5.91 Å². The van der Waals surface area contributed by atoms with Crippen LogP contribution in [0.4, 0.5) is 0 Å². The average molecular weight is 357 g/mol. The van der Waals surface area contributed by atoms with E-state index >= 15 is 0 Å². The molecule has 0 radical (unpaired) electrons. The molecule has 26 heavy (non-hydrogen) atoms. The van der Waals surface area contributed by atoms with Gasteiger partial charge in [-0.1, -0.05) is 26.0 Å². The summed E-state index contributed by atoms with van der Waals surface area (Å²) in [4.78, 5) is 28.7. The van der Waals surface area contributed by atoms with E-state index in [1.165, 1.54) is 32.5 Å². The highest BCUT2D eigenvalue weighted by atomic mass is 16.2. The topological polar surface area (TPSA) is 40.6 Å². The molecule has 2 aliphatic heterocycles. The van der Waals surface area contributed by atoms with Crippen LogP contribution in [0.2, 0.25) is 0 Å². The lowest BCUT2D eigenvalue weighted by Crippen LogP contribution is -2.39. The fourth-order valence-corrected chi connectivity index (χ4v) is 4.51. The minimum Gasteiger partial charge on any atom is -0.338 e. The molecule has 4 heteroatoms. The van der Waals surface area contributed by atoms with Crippen LogP contribution in [-0.4, -0.2) is 54.2 Å². The molecule has 2 aliphatic rings. The van der Waals surface area contributed by atoms with E-state index in [9.17, 15) is 9.59 Å². The second kappa shape index (κ2) is 8.34. The number of nitrogens with zero attached hydrogens (tertiary/aromatic N) is 2. The molecule has 2 saturated heterocycles. The third-order valence-corrected chi connectivity index (χ3v) is 5.97. The van der Waals surface area contributed by atoms with Crippen LogP contribution < -0.4 is 0 Å². The number of benzene rings is 1. The summed E-state index contributed by atoms with van der Waals surface area (Å²) in [5, 5.41) is 0. The Bertz CT molecular complexity index is 630. The van der Waals surface area contributed by atoms with Gasteiger partial charge in [-0.2, -0.15) is 0 Å². The van der Waals surface area contributed by atoms with Crippen molar-refractivity contribution in [1.29, 1.82) is 0 Å². The van der Waals surface area contributed by atoms with Gasteiger partial charge in [0, 0.05) is 30.8 Å². The van der Waals surface area contributed by atoms with Crippen molar-refractivity contribution in [2.45, 2.75) is 40.0 Å². The van der Waals surface area contributed by atoms with Crippen LogP contribution in [0.3, 0.4) is 0 Å². The smallest absolute Gasteiger partial charge is 0.253 e. The highest BCUT2D eigenvalue weighted by Crippen LogP contribution is 2.32. The van der Waals surface area contributed by atoms with E-state index in [1.807, 2.05) is 4.90 Å². The lowest BCUT2D eigenvalue weighted by Gasteiger charge is -2.35. The quantitative estimate of drug-likeness (QED) is 0.755. The Labute approximate surface area is 157 Å². The highest BCUT2D eigenvalue weighted by Gasteiger charge is 2.34. The molecule has 1 aromatic carbocycles. The maximum atomic E-state index is 12.8. The second-order valence-corrected chi connectivity index (χ2v) is 8.47. The summed E-state index contributed by atoms with van der Waals surface area (Å²) in [7, 11) is 0. The van der Waals surface area contributed by atoms with Crippen LogP contribution in [0, 0.1) is 17.8 Å². The number of hydrogen-bond donors (Lipinski definition) is 0. The molecular weight excluding hydrogens is 324 g/mol. The first kappa shape index (κ1) is 19.1. The molecule has 0 saturated carbocycles. The number of likely N-dealkylation sites (tertiary alicyclic amines) is 2. The first-order chi connectivity index (χ1) is 12.4. The average Bonchev–Trinajstić information content (AvgIpc) is 3.11. The Kier molecular flexibility index (Phi) is 6.13. The molecule has 0 aromatic heterocycles. The van der Waals surface area contributed by atoms with Crippen LogP contribution >= 0.6 is 0 Å². The van der Waals surface area contributed by atoms with Crippen LogP contribution in [0.25, 0.3) is 0 Å². The summed E-state index contributed by atoms with van der Waals surface area (Å²) in [5.74, 6) is 2.29. The minimum atomic E-state index is 0.0362. The van der Waals surface area contributed by atoms with Crippen molar-refractivity contribution < 1.29 is 9.59 Å². The third kappa shape index (κ3) is 4.53. The maximum absolute atomic E-state index is 12.8. The molecule has 142 valence electrons. The molecule has 1 unspecified atom stereocenters. The molecular formula is C22H32N2O2. The molecule has 2 fully saturated rings. The summed E-state index contributed by atoms with van der Waals surface area (Å²) in [6.07, 6.45) is 3.67. The predicted molar refractivity (Wildman–Crippen MR) is 104 cm³/mol. The lowest BCUT2D eigenvalue weighted by molar-refractivity contribution is 0.0771. The minimum absolute atomic E-state index is 0.0362. The summed E-state index contributed by atoms with van der Waals surface area (Å²) >= 11 is 0. The molecule has 3 rings (SSSR count). The molecule has 2 heterocycles. The van der Waals surface area contributed by atoms with E-state index in [4.69, 9.17) is 0 Å². The van der Waals surface area contributed by atoms with Gasteiger partial charge in [0.2, 0.25) is 0 Å². The SMILES string of the molecule is CC(=O)c1ccc(C(=O)N2CCC(C3CCN(CC(C)C)CC3)C2)cc1. The maximum Gasteiger partial charge on any atom is 0.253 e. The molecule has 0 spiro atoms. The molecule has 1 atom stereocenters. The van der Waals surface area contributed by atoms with E-state index in [2.05, 4.69) is 18.7 Å². The zero-order chi connectivity index (χ0) is 18.7. The summed E-state index contributed by atoms with van der Waals surface area (Å²) in [5.41, 5.74) is 1.36. The van der Waals surface area contributed by atoms with Crippen molar-refractivity contribution >= 4 is 11.7 Å². The fourth-order valence-electron chi connectivity index (χ4n) is 4.51. The number of hydrogen-bond acceptors (Lipinski definition) is 3. The second-order valence-electron chi connectivity index (χ2n) is 8.47. The van der Waals surface area contributed by atoms with Crippen LogP contribution in [0.1, 0.15) is 60.7 Å². The van der Waals surface area contributed by atoms with Crippen molar-refractivity contribution in [3.05, 3.63) is 35.4 Å². The fraction of sp³-hybridized carbons (Fsp3) is 0.636. The normalized spacial score (nSPS) is 22.2. The zero-order valence-electron chi connectivity index (χ0n) is 16.4. The Balaban J connectivity index is 1.52. The van der Waals surface area contributed by atoms with Crippen LogP contribution in [0.15, 0.2) is 24.3 Å². The van der Waals surface area contributed by atoms with Crippen molar-refractivity contribution in [3.63, 3.8) is 0 Å². The predicted octanol–water partition coefficient (Wildman–Crippen LogP) is 3.72. The number of carbonyl (C=O) groups is 2. The van der Waals surface area contributed by atoms with Crippen LogP contribution in [0.5, 0.6) is 0 Å². The summed E-state index contributed by atoms with van der Waals surface area (Å²) < 4.78 is 0. The van der Waals surface area contributed by atoms with Crippen molar-refractivity contribution in [2.75, 3.05) is 32.7 Å². The molecule has 1 aromatic rings. The third-order valence-electron chi connectivity index (χ3n) is 5.97. The Morgan fingerprint density at radius 1 is 0.962 bits per heavy atom. The standard InChI is InChI=1S/C22H32N2O2/c1-16(2)14-23-11-8-19(9-12-23)21-10-13-24(15-21)22(26)20-6-4-18(5-7-20)17(3)25/h4-7,16,19,21H,8-15H2,1-3H3. The summed E-state index contributed by atoms with van der Waals surface area (Å²) in [6.45, 7) is 11.5. The van der Waals surface area contributed by atoms with Gasteiger partial charge < -0.3 is 9.80 Å². The molecule has 0 N–H and O–H groups in total. The van der Waals surface area contributed by atoms with Crippen LogP contribution in [-0.2, 0) is 0 Å². The first-order valence-electron chi connectivity index (χ1n) is 10.1. The Hall–Kier alpha value is -1.68. The van der Waals surface area contributed by atoms with Crippen molar-refractivity contribution in [3.8, 4) is 0 Å². The van der Waals surface area contributed by atoms with Gasteiger partial charge in [-0.3, -0.25) is 9.59 Å². The highest BCUT2D eigenvalue weighted by molar-refractivity contribution is 5.97. The largest absolute Gasteiger partial charge is 0.338 e. The van der Waals surface area contributed by atoms with Gasteiger partial charge in [0.05, 0.1) is 0 Å². The van der Waals surface area contributed by atoms with Gasteiger partial charge in [0.1, 0.15) is 0 Å². The van der Waals surface area contributed by atoms with Gasteiger partial charge in [-0.15, -0.1) is 0 Å². The molecule has 0 bridgehead atoms. The van der Waals surface area contributed by atoms with Crippen molar-refractivity contribution in [1.82, 2.24) is 9.80 Å². The van der Waals surface area contributed by atoms with Gasteiger partial charge in [-0.05, 0) is 69.2 Å². The summed E-state index contributed by atoms with van der Waals surface area (Å²) in [6, 6.07) is 7.09. The Morgan fingerprint density at radius 3 is 2.12 bits per heavy atom. The number of rotatable bonds is 5. The van der Waals surface area contributed by atoms with E-state index in [0.717, 1.165) is 31.3 Å².